The number of hydrogen-bond donors (Lipinski definition) is 1. The van der Waals surface area contributed by atoms with Gasteiger partial charge >= 0.3 is 0 Å². The highest BCUT2D eigenvalue weighted by Crippen LogP contribution is 2.25. The summed E-state index contributed by atoms with van der Waals surface area (Å²) in [6, 6.07) is 2.04. The Balaban J connectivity index is 2.29. The number of hydrogen-bond acceptors (Lipinski definition) is 4. The molecular weight excluding hydrogens is 237 g/mol. The minimum atomic E-state index is -0.266. The fraction of sp³-hybridized carbons (Fsp3) is 0.583. The van der Waals surface area contributed by atoms with Gasteiger partial charge in [-0.1, -0.05) is 0 Å². The van der Waals surface area contributed by atoms with Gasteiger partial charge in [0.1, 0.15) is 11.6 Å². The molecule has 0 amide bonds. The fourth-order valence-electron chi connectivity index (χ4n) is 2.09. The first-order chi connectivity index (χ1) is 8.22. The molecule has 94 valence electrons. The van der Waals surface area contributed by atoms with E-state index in [-0.39, 0.29) is 5.82 Å². The third-order valence-electron chi connectivity index (χ3n) is 2.92. The van der Waals surface area contributed by atoms with Crippen molar-refractivity contribution in [3.63, 3.8) is 0 Å². The van der Waals surface area contributed by atoms with Crippen LogP contribution in [0.2, 0.25) is 0 Å². The minimum Gasteiger partial charge on any atom is -0.352 e. The SMILES string of the molecule is CNCc1cc(F)cnc1N1CCSCC1C. The Kier molecular flexibility index (Phi) is 4.23. The summed E-state index contributed by atoms with van der Waals surface area (Å²) in [6.45, 7) is 3.83. The van der Waals surface area contributed by atoms with E-state index in [4.69, 9.17) is 0 Å². The number of thioether (sulfide) groups is 1. The summed E-state index contributed by atoms with van der Waals surface area (Å²) in [5, 5.41) is 3.07. The molecule has 1 aromatic rings. The van der Waals surface area contributed by atoms with Crippen molar-refractivity contribution in [2.45, 2.75) is 19.5 Å². The number of anilines is 1. The van der Waals surface area contributed by atoms with Gasteiger partial charge in [-0.3, -0.25) is 0 Å². The van der Waals surface area contributed by atoms with Crippen molar-refractivity contribution in [3.05, 3.63) is 23.6 Å². The lowest BCUT2D eigenvalue weighted by Gasteiger charge is -2.35. The van der Waals surface area contributed by atoms with Gasteiger partial charge in [0.2, 0.25) is 0 Å². The first kappa shape index (κ1) is 12.6. The molecule has 1 atom stereocenters. The average Bonchev–Trinajstić information content (AvgIpc) is 2.31. The summed E-state index contributed by atoms with van der Waals surface area (Å²) >= 11 is 1.96. The lowest BCUT2D eigenvalue weighted by molar-refractivity contribution is 0.610. The molecule has 17 heavy (non-hydrogen) atoms. The van der Waals surface area contributed by atoms with E-state index in [9.17, 15) is 4.39 Å². The van der Waals surface area contributed by atoms with Gasteiger partial charge in [-0.15, -0.1) is 0 Å². The molecule has 5 heteroatoms. The molecule has 0 bridgehead atoms. The molecule has 0 aromatic carbocycles. The summed E-state index contributed by atoms with van der Waals surface area (Å²) in [5.74, 6) is 2.88. The summed E-state index contributed by atoms with van der Waals surface area (Å²) < 4.78 is 13.2. The van der Waals surface area contributed by atoms with E-state index < -0.39 is 0 Å². The number of nitrogens with one attached hydrogen (secondary N) is 1. The van der Waals surface area contributed by atoms with E-state index in [1.165, 1.54) is 6.20 Å². The first-order valence-corrected chi connectivity index (χ1v) is 7.01. The largest absolute Gasteiger partial charge is 0.352 e. The van der Waals surface area contributed by atoms with E-state index in [1.54, 1.807) is 6.07 Å². The van der Waals surface area contributed by atoms with Crippen LogP contribution in [0.5, 0.6) is 0 Å². The quantitative estimate of drug-likeness (QED) is 0.892. The van der Waals surface area contributed by atoms with Crippen LogP contribution < -0.4 is 10.2 Å². The predicted molar refractivity (Wildman–Crippen MR) is 71.1 cm³/mol. The number of pyridine rings is 1. The van der Waals surface area contributed by atoms with E-state index in [2.05, 4.69) is 22.1 Å². The molecule has 2 heterocycles. The molecule has 1 aromatic heterocycles. The van der Waals surface area contributed by atoms with Gasteiger partial charge in [-0.25, -0.2) is 9.37 Å². The second-order valence-electron chi connectivity index (χ2n) is 4.28. The monoisotopic (exact) mass is 255 g/mol. The van der Waals surface area contributed by atoms with E-state index in [0.29, 0.717) is 12.6 Å². The van der Waals surface area contributed by atoms with Crippen LogP contribution in [-0.4, -0.2) is 36.1 Å². The maximum atomic E-state index is 13.2. The van der Waals surface area contributed by atoms with Crippen LogP contribution in [0.15, 0.2) is 12.3 Å². The molecule has 2 rings (SSSR count). The molecule has 0 spiro atoms. The summed E-state index contributed by atoms with van der Waals surface area (Å²) in [4.78, 5) is 6.55. The van der Waals surface area contributed by atoms with Gasteiger partial charge in [0.25, 0.3) is 0 Å². The Morgan fingerprint density at radius 1 is 1.65 bits per heavy atom. The van der Waals surface area contributed by atoms with Crippen molar-refractivity contribution in [1.82, 2.24) is 10.3 Å². The molecule has 0 radical (unpaired) electrons. The summed E-state index contributed by atoms with van der Waals surface area (Å²) in [7, 11) is 1.87. The maximum absolute atomic E-state index is 13.2. The van der Waals surface area contributed by atoms with Gasteiger partial charge in [0.15, 0.2) is 0 Å². The van der Waals surface area contributed by atoms with Crippen LogP contribution in [0.3, 0.4) is 0 Å². The normalized spacial score (nSPS) is 20.6. The van der Waals surface area contributed by atoms with Crippen LogP contribution >= 0.6 is 11.8 Å². The third kappa shape index (κ3) is 2.90. The van der Waals surface area contributed by atoms with Crippen LogP contribution in [0, 0.1) is 5.82 Å². The second kappa shape index (κ2) is 5.69. The van der Waals surface area contributed by atoms with Crippen LogP contribution in [0.4, 0.5) is 10.2 Å². The second-order valence-corrected chi connectivity index (χ2v) is 5.43. The van der Waals surface area contributed by atoms with Crippen LogP contribution in [0.1, 0.15) is 12.5 Å². The highest BCUT2D eigenvalue weighted by molar-refractivity contribution is 7.99. The Morgan fingerprint density at radius 2 is 2.47 bits per heavy atom. The fourth-order valence-corrected chi connectivity index (χ4v) is 3.11. The van der Waals surface area contributed by atoms with Crippen molar-refractivity contribution in [1.29, 1.82) is 0 Å². The Morgan fingerprint density at radius 3 is 3.18 bits per heavy atom. The van der Waals surface area contributed by atoms with Gasteiger partial charge in [0, 0.05) is 36.2 Å². The molecule has 1 aliphatic rings. The van der Waals surface area contributed by atoms with Gasteiger partial charge in [-0.05, 0) is 20.0 Å². The van der Waals surface area contributed by atoms with E-state index in [1.807, 2.05) is 18.8 Å². The molecule has 1 aliphatic heterocycles. The molecular formula is C12H18FN3S. The molecule has 1 N–H and O–H groups in total. The van der Waals surface area contributed by atoms with Gasteiger partial charge < -0.3 is 10.2 Å². The lowest BCUT2D eigenvalue weighted by atomic mass is 10.2. The maximum Gasteiger partial charge on any atom is 0.141 e. The third-order valence-corrected chi connectivity index (χ3v) is 4.11. The molecule has 1 saturated heterocycles. The van der Waals surface area contributed by atoms with Crippen LogP contribution in [0.25, 0.3) is 0 Å². The Hall–Kier alpha value is -0.810. The van der Waals surface area contributed by atoms with Crippen LogP contribution in [-0.2, 0) is 6.54 Å². The number of nitrogens with zero attached hydrogens (tertiary/aromatic N) is 2. The highest BCUT2D eigenvalue weighted by atomic mass is 32.2. The number of rotatable bonds is 3. The molecule has 0 saturated carbocycles. The zero-order valence-corrected chi connectivity index (χ0v) is 11.1. The van der Waals surface area contributed by atoms with Gasteiger partial charge in [0.05, 0.1) is 6.20 Å². The lowest BCUT2D eigenvalue weighted by Crippen LogP contribution is -2.41. The van der Waals surface area contributed by atoms with E-state index in [0.717, 1.165) is 29.4 Å². The Bertz CT molecular complexity index is 386. The smallest absolute Gasteiger partial charge is 0.141 e. The number of aromatic nitrogens is 1. The zero-order valence-electron chi connectivity index (χ0n) is 10.2. The highest BCUT2D eigenvalue weighted by Gasteiger charge is 2.22. The number of halogens is 1. The van der Waals surface area contributed by atoms with Crippen molar-refractivity contribution in [2.75, 3.05) is 30.0 Å². The topological polar surface area (TPSA) is 28.2 Å². The molecule has 1 fully saturated rings. The molecule has 1 unspecified atom stereocenters. The van der Waals surface area contributed by atoms with Crippen molar-refractivity contribution in [2.24, 2.45) is 0 Å². The molecule has 3 nitrogen and oxygen atoms in total. The first-order valence-electron chi connectivity index (χ1n) is 5.85. The Labute approximate surface area is 106 Å². The summed E-state index contributed by atoms with van der Waals surface area (Å²) in [5.41, 5.74) is 0.936. The van der Waals surface area contributed by atoms with E-state index >= 15 is 0 Å². The van der Waals surface area contributed by atoms with Crippen molar-refractivity contribution in [3.8, 4) is 0 Å². The predicted octanol–water partition coefficient (Wildman–Crippen LogP) is 1.88. The summed E-state index contributed by atoms with van der Waals surface area (Å²) in [6.07, 6.45) is 1.31. The van der Waals surface area contributed by atoms with Crippen molar-refractivity contribution >= 4 is 17.6 Å². The molecule has 0 aliphatic carbocycles. The zero-order chi connectivity index (χ0) is 12.3. The van der Waals surface area contributed by atoms with Gasteiger partial charge in [-0.2, -0.15) is 11.8 Å². The minimum absolute atomic E-state index is 0.266. The standard InChI is InChI=1S/C12H18FN3S/c1-9-8-17-4-3-16(9)12-10(6-14-2)5-11(13)7-15-12/h5,7,9,14H,3-4,6,8H2,1-2H3. The average molecular weight is 255 g/mol. The van der Waals surface area contributed by atoms with Crippen molar-refractivity contribution < 1.29 is 4.39 Å².